The summed E-state index contributed by atoms with van der Waals surface area (Å²) in [6.07, 6.45) is 3.14. The first kappa shape index (κ1) is 15.5. The van der Waals surface area contributed by atoms with Crippen molar-refractivity contribution in [3.8, 4) is 0 Å². The second-order valence-electron chi connectivity index (χ2n) is 5.52. The summed E-state index contributed by atoms with van der Waals surface area (Å²) >= 11 is 0. The van der Waals surface area contributed by atoms with Crippen LogP contribution in [0.1, 0.15) is 42.1 Å². The number of nitrogens with zero attached hydrogens (tertiary/aromatic N) is 1. The molecule has 1 aromatic carbocycles. The summed E-state index contributed by atoms with van der Waals surface area (Å²) in [6.45, 7) is 4.71. The van der Waals surface area contributed by atoms with Crippen LogP contribution >= 0.6 is 0 Å². The molecular weight excluding hydrogens is 271 g/mol. The van der Waals surface area contributed by atoms with Gasteiger partial charge in [-0.3, -0.25) is 9.59 Å². The fourth-order valence-electron chi connectivity index (χ4n) is 2.55. The van der Waals surface area contributed by atoms with Gasteiger partial charge in [0.25, 0.3) is 5.91 Å². The highest BCUT2D eigenvalue weighted by molar-refractivity contribution is 5.97. The lowest BCUT2D eigenvalue weighted by Gasteiger charge is -2.29. The Kier molecular flexibility index (Phi) is 4.94. The summed E-state index contributed by atoms with van der Waals surface area (Å²) in [5, 5.41) is 2.59. The number of hydrogen-bond donors (Lipinski definition) is 1. The molecule has 1 atom stereocenters. The summed E-state index contributed by atoms with van der Waals surface area (Å²) in [5.41, 5.74) is 0.394. The molecule has 0 bridgehead atoms. The molecule has 2 rings (SSSR count). The van der Waals surface area contributed by atoms with E-state index in [9.17, 15) is 14.0 Å². The minimum atomic E-state index is -0.643. The van der Waals surface area contributed by atoms with E-state index in [0.717, 1.165) is 32.4 Å². The molecule has 1 N–H and O–H groups in total. The molecule has 1 aliphatic heterocycles. The third kappa shape index (κ3) is 3.60. The molecule has 1 saturated heterocycles. The second-order valence-corrected chi connectivity index (χ2v) is 5.52. The van der Waals surface area contributed by atoms with Gasteiger partial charge in [-0.15, -0.1) is 0 Å². The second kappa shape index (κ2) is 6.70. The molecule has 0 saturated carbocycles. The van der Waals surface area contributed by atoms with E-state index in [1.165, 1.54) is 6.07 Å². The monoisotopic (exact) mass is 292 g/mol. The Labute approximate surface area is 124 Å². The third-order valence-electron chi connectivity index (χ3n) is 3.82. The summed E-state index contributed by atoms with van der Waals surface area (Å²) in [4.78, 5) is 26.1. The number of hydrogen-bond acceptors (Lipinski definition) is 2. The third-order valence-corrected chi connectivity index (χ3v) is 3.82. The van der Waals surface area contributed by atoms with Crippen molar-refractivity contribution in [1.82, 2.24) is 10.2 Å². The Morgan fingerprint density at radius 1 is 1.24 bits per heavy atom. The van der Waals surface area contributed by atoms with Crippen LogP contribution in [0, 0.1) is 12.7 Å². The van der Waals surface area contributed by atoms with Crippen molar-refractivity contribution < 1.29 is 14.0 Å². The molecule has 1 unspecified atom stereocenters. The molecule has 1 aromatic rings. The number of nitrogens with one attached hydrogen (secondary N) is 1. The molecule has 1 heterocycles. The van der Waals surface area contributed by atoms with Crippen molar-refractivity contribution in [2.45, 2.75) is 39.2 Å². The minimum Gasteiger partial charge on any atom is -0.341 e. The average molecular weight is 292 g/mol. The number of aryl methyl sites for hydroxylation is 1. The number of halogens is 1. The Hall–Kier alpha value is -1.91. The molecule has 1 fully saturated rings. The van der Waals surface area contributed by atoms with Crippen molar-refractivity contribution in [3.05, 3.63) is 35.1 Å². The van der Waals surface area contributed by atoms with Crippen LogP contribution in [-0.2, 0) is 4.79 Å². The SMILES string of the molecule is Cc1cccc(C(=O)NC(C)C(=O)N2CCCCC2)c1F. The molecule has 0 aromatic heterocycles. The molecule has 0 spiro atoms. The number of carbonyl (C=O) groups excluding carboxylic acids is 2. The minimum absolute atomic E-state index is 0.0201. The largest absolute Gasteiger partial charge is 0.341 e. The molecule has 4 nitrogen and oxygen atoms in total. The molecule has 2 amide bonds. The van der Waals surface area contributed by atoms with Gasteiger partial charge in [0.2, 0.25) is 5.91 Å². The van der Waals surface area contributed by atoms with E-state index in [4.69, 9.17) is 0 Å². The van der Waals surface area contributed by atoms with Gasteiger partial charge in [0.1, 0.15) is 11.9 Å². The Morgan fingerprint density at radius 3 is 2.57 bits per heavy atom. The lowest BCUT2D eigenvalue weighted by atomic mass is 10.1. The highest BCUT2D eigenvalue weighted by atomic mass is 19.1. The van der Waals surface area contributed by atoms with E-state index in [1.54, 1.807) is 30.9 Å². The summed E-state index contributed by atoms with van der Waals surface area (Å²) in [7, 11) is 0. The van der Waals surface area contributed by atoms with E-state index in [2.05, 4.69) is 5.32 Å². The Bertz CT molecular complexity index is 539. The van der Waals surface area contributed by atoms with E-state index in [-0.39, 0.29) is 11.5 Å². The van der Waals surface area contributed by atoms with Crippen LogP contribution in [-0.4, -0.2) is 35.8 Å². The average Bonchev–Trinajstić information content (AvgIpc) is 2.50. The molecule has 21 heavy (non-hydrogen) atoms. The highest BCUT2D eigenvalue weighted by Crippen LogP contribution is 2.13. The van der Waals surface area contributed by atoms with Gasteiger partial charge in [0.15, 0.2) is 0 Å². The zero-order valence-electron chi connectivity index (χ0n) is 12.5. The predicted octanol–water partition coefficient (Wildman–Crippen LogP) is 2.26. The van der Waals surface area contributed by atoms with Crippen molar-refractivity contribution in [2.24, 2.45) is 0 Å². The Balaban J connectivity index is 2.01. The maximum Gasteiger partial charge on any atom is 0.254 e. The summed E-state index contributed by atoms with van der Waals surface area (Å²) in [5.74, 6) is -1.18. The first-order chi connectivity index (χ1) is 10.0. The summed E-state index contributed by atoms with van der Waals surface area (Å²) < 4.78 is 13.9. The first-order valence-electron chi connectivity index (χ1n) is 7.35. The van der Waals surface area contributed by atoms with Gasteiger partial charge in [0.05, 0.1) is 5.56 Å². The van der Waals surface area contributed by atoms with Gasteiger partial charge < -0.3 is 10.2 Å². The van der Waals surface area contributed by atoms with Crippen LogP contribution in [0.25, 0.3) is 0 Å². The van der Waals surface area contributed by atoms with Crippen LogP contribution < -0.4 is 5.32 Å². The first-order valence-corrected chi connectivity index (χ1v) is 7.35. The molecule has 0 radical (unpaired) electrons. The van der Waals surface area contributed by atoms with Gasteiger partial charge in [0, 0.05) is 13.1 Å². The highest BCUT2D eigenvalue weighted by Gasteiger charge is 2.24. The van der Waals surface area contributed by atoms with Crippen LogP contribution in [0.3, 0.4) is 0 Å². The topological polar surface area (TPSA) is 49.4 Å². The maximum atomic E-state index is 13.9. The quantitative estimate of drug-likeness (QED) is 0.929. The van der Waals surface area contributed by atoms with Crippen molar-refractivity contribution in [1.29, 1.82) is 0 Å². The zero-order chi connectivity index (χ0) is 15.4. The Morgan fingerprint density at radius 2 is 1.90 bits per heavy atom. The molecule has 0 aliphatic carbocycles. The standard InChI is InChI=1S/C16H21FN2O2/c1-11-7-6-8-13(14(11)17)15(20)18-12(2)16(21)19-9-4-3-5-10-19/h6-8,12H,3-5,9-10H2,1-2H3,(H,18,20). The molecule has 114 valence electrons. The number of rotatable bonds is 3. The van der Waals surface area contributed by atoms with Crippen molar-refractivity contribution >= 4 is 11.8 Å². The van der Waals surface area contributed by atoms with Gasteiger partial charge in [-0.05, 0) is 44.7 Å². The summed E-state index contributed by atoms with van der Waals surface area (Å²) in [6, 6.07) is 4.02. The molecule has 1 aliphatic rings. The van der Waals surface area contributed by atoms with Crippen molar-refractivity contribution in [3.63, 3.8) is 0 Å². The number of carbonyl (C=O) groups is 2. The van der Waals surface area contributed by atoms with Gasteiger partial charge in [-0.1, -0.05) is 12.1 Å². The number of benzene rings is 1. The van der Waals surface area contributed by atoms with E-state index in [0.29, 0.717) is 5.56 Å². The van der Waals surface area contributed by atoms with Gasteiger partial charge >= 0.3 is 0 Å². The normalized spacial score (nSPS) is 16.4. The molecular formula is C16H21FN2O2. The van der Waals surface area contributed by atoms with Gasteiger partial charge in [-0.2, -0.15) is 0 Å². The van der Waals surface area contributed by atoms with E-state index < -0.39 is 17.8 Å². The van der Waals surface area contributed by atoms with Crippen molar-refractivity contribution in [2.75, 3.05) is 13.1 Å². The van der Waals surface area contributed by atoms with E-state index in [1.807, 2.05) is 0 Å². The maximum absolute atomic E-state index is 13.9. The number of piperidine rings is 1. The van der Waals surface area contributed by atoms with Crippen LogP contribution in [0.2, 0.25) is 0 Å². The van der Waals surface area contributed by atoms with Gasteiger partial charge in [-0.25, -0.2) is 4.39 Å². The number of amides is 2. The smallest absolute Gasteiger partial charge is 0.254 e. The van der Waals surface area contributed by atoms with Crippen LogP contribution in [0.15, 0.2) is 18.2 Å². The fraction of sp³-hybridized carbons (Fsp3) is 0.500. The predicted molar refractivity (Wildman–Crippen MR) is 78.5 cm³/mol. The lowest BCUT2D eigenvalue weighted by molar-refractivity contribution is -0.133. The zero-order valence-corrected chi connectivity index (χ0v) is 12.5. The van der Waals surface area contributed by atoms with E-state index >= 15 is 0 Å². The number of likely N-dealkylation sites (tertiary alicyclic amines) is 1. The fourth-order valence-corrected chi connectivity index (χ4v) is 2.55. The lowest BCUT2D eigenvalue weighted by Crippen LogP contribution is -2.48. The van der Waals surface area contributed by atoms with Crippen LogP contribution in [0.5, 0.6) is 0 Å². The van der Waals surface area contributed by atoms with Crippen LogP contribution in [0.4, 0.5) is 4.39 Å². The molecule has 5 heteroatoms.